The zero-order valence-electron chi connectivity index (χ0n) is 16.0. The first-order valence-corrected chi connectivity index (χ1v) is 11.1. The Morgan fingerprint density at radius 1 is 1.14 bits per heavy atom. The molecule has 1 amide bonds. The quantitative estimate of drug-likeness (QED) is 0.606. The molecule has 7 nitrogen and oxygen atoms in total. The van der Waals surface area contributed by atoms with Gasteiger partial charge in [0.05, 0.1) is 11.0 Å². The number of sulfonamides is 1. The summed E-state index contributed by atoms with van der Waals surface area (Å²) in [6.07, 6.45) is 1.74. The maximum absolute atomic E-state index is 12.4. The van der Waals surface area contributed by atoms with Gasteiger partial charge in [0.2, 0.25) is 10.0 Å². The molecule has 1 fully saturated rings. The number of hydrogen-bond donors (Lipinski definition) is 3. The lowest BCUT2D eigenvalue weighted by Crippen LogP contribution is -2.34. The van der Waals surface area contributed by atoms with Crippen molar-refractivity contribution in [2.75, 3.05) is 18.5 Å². The van der Waals surface area contributed by atoms with E-state index in [0.717, 1.165) is 18.4 Å². The Morgan fingerprint density at radius 2 is 1.83 bits per heavy atom. The molecule has 0 aliphatic carbocycles. The first-order chi connectivity index (χ1) is 13.8. The van der Waals surface area contributed by atoms with E-state index in [1.165, 1.54) is 12.1 Å². The third-order valence-electron chi connectivity index (χ3n) is 4.49. The predicted molar refractivity (Wildman–Crippen MR) is 115 cm³/mol. The van der Waals surface area contributed by atoms with E-state index in [4.69, 9.17) is 17.0 Å². The van der Waals surface area contributed by atoms with Gasteiger partial charge in [0.15, 0.2) is 5.11 Å². The third-order valence-corrected chi connectivity index (χ3v) is 6.13. The van der Waals surface area contributed by atoms with Crippen molar-refractivity contribution in [3.8, 4) is 0 Å². The molecule has 0 radical (unpaired) electrons. The van der Waals surface area contributed by atoms with Gasteiger partial charge in [-0.15, -0.1) is 0 Å². The number of benzene rings is 2. The van der Waals surface area contributed by atoms with Crippen molar-refractivity contribution >= 4 is 38.9 Å². The van der Waals surface area contributed by atoms with Crippen LogP contribution in [-0.4, -0.2) is 38.7 Å². The van der Waals surface area contributed by atoms with E-state index in [9.17, 15) is 13.2 Å². The summed E-state index contributed by atoms with van der Waals surface area (Å²) in [5.74, 6) is -0.319. The molecule has 2 aromatic carbocycles. The molecule has 0 saturated carbocycles. The van der Waals surface area contributed by atoms with E-state index in [2.05, 4.69) is 15.4 Å². The molecular weight excluding hydrogens is 410 g/mol. The Balaban J connectivity index is 1.54. The molecule has 2 aromatic rings. The minimum absolute atomic E-state index is 0.0692. The standard InChI is InChI=1S/C20H23N3O4S2/c1-14-4-6-15(7-5-14)19(24)23-20(28)22-16-8-10-18(11-9-16)29(25,26)21-13-17-3-2-12-27-17/h4-11,17,21H,2-3,12-13H2,1H3,(H2,22,23,24,28). The minimum atomic E-state index is -3.61. The van der Waals surface area contributed by atoms with Crippen LogP contribution in [0.15, 0.2) is 53.4 Å². The molecule has 1 saturated heterocycles. The Hall–Kier alpha value is -2.33. The lowest BCUT2D eigenvalue weighted by molar-refractivity contribution is 0.0977. The van der Waals surface area contributed by atoms with Crippen LogP contribution in [0.1, 0.15) is 28.8 Å². The molecule has 0 bridgehead atoms. The summed E-state index contributed by atoms with van der Waals surface area (Å²) in [4.78, 5) is 12.3. The summed E-state index contributed by atoms with van der Waals surface area (Å²) in [6.45, 7) is 2.88. The molecule has 3 rings (SSSR count). The highest BCUT2D eigenvalue weighted by molar-refractivity contribution is 7.89. The Bertz CT molecular complexity index is 968. The van der Waals surface area contributed by atoms with Crippen molar-refractivity contribution < 1.29 is 17.9 Å². The molecule has 1 aliphatic rings. The van der Waals surface area contributed by atoms with E-state index in [1.807, 2.05) is 19.1 Å². The molecule has 1 heterocycles. The second-order valence-electron chi connectivity index (χ2n) is 6.79. The maximum atomic E-state index is 12.4. The molecule has 9 heteroatoms. The monoisotopic (exact) mass is 433 g/mol. The second kappa shape index (κ2) is 9.45. The number of hydrogen-bond acceptors (Lipinski definition) is 5. The van der Waals surface area contributed by atoms with Gasteiger partial charge >= 0.3 is 0 Å². The van der Waals surface area contributed by atoms with Crippen molar-refractivity contribution in [1.29, 1.82) is 0 Å². The van der Waals surface area contributed by atoms with Crippen molar-refractivity contribution in [2.45, 2.75) is 30.8 Å². The molecule has 1 atom stereocenters. The van der Waals surface area contributed by atoms with Gasteiger partial charge in [-0.3, -0.25) is 10.1 Å². The highest BCUT2D eigenvalue weighted by Crippen LogP contribution is 2.16. The van der Waals surface area contributed by atoms with Crippen LogP contribution in [-0.2, 0) is 14.8 Å². The molecule has 29 heavy (non-hydrogen) atoms. The topological polar surface area (TPSA) is 96.5 Å². The lowest BCUT2D eigenvalue weighted by atomic mass is 10.1. The number of anilines is 1. The first kappa shape index (κ1) is 21.4. The molecule has 0 aromatic heterocycles. The van der Waals surface area contributed by atoms with Gasteiger partial charge in [0.25, 0.3) is 5.91 Å². The van der Waals surface area contributed by atoms with Crippen LogP contribution in [0.3, 0.4) is 0 Å². The molecule has 1 unspecified atom stereocenters. The van der Waals surface area contributed by atoms with Crippen LogP contribution < -0.4 is 15.4 Å². The summed E-state index contributed by atoms with van der Waals surface area (Å²) in [6, 6.07) is 13.3. The maximum Gasteiger partial charge on any atom is 0.257 e. The number of ether oxygens (including phenoxy) is 1. The average Bonchev–Trinajstić information content (AvgIpc) is 3.21. The van der Waals surface area contributed by atoms with Crippen LogP contribution in [0.5, 0.6) is 0 Å². The van der Waals surface area contributed by atoms with Crippen LogP contribution in [0.4, 0.5) is 5.69 Å². The van der Waals surface area contributed by atoms with Crippen LogP contribution in [0, 0.1) is 6.92 Å². The fourth-order valence-electron chi connectivity index (χ4n) is 2.85. The van der Waals surface area contributed by atoms with Gasteiger partial charge in [-0.25, -0.2) is 13.1 Å². The van der Waals surface area contributed by atoms with Crippen LogP contribution in [0.2, 0.25) is 0 Å². The summed E-state index contributed by atoms with van der Waals surface area (Å²) in [5, 5.41) is 5.60. The summed E-state index contributed by atoms with van der Waals surface area (Å²) in [5.41, 5.74) is 2.12. The first-order valence-electron chi connectivity index (χ1n) is 9.24. The fourth-order valence-corrected chi connectivity index (χ4v) is 4.13. The molecule has 0 spiro atoms. The van der Waals surface area contributed by atoms with Crippen LogP contribution >= 0.6 is 12.2 Å². The van der Waals surface area contributed by atoms with Gasteiger partial charge in [-0.2, -0.15) is 0 Å². The number of amides is 1. The molecule has 3 N–H and O–H groups in total. The van der Waals surface area contributed by atoms with Gasteiger partial charge in [-0.1, -0.05) is 17.7 Å². The van der Waals surface area contributed by atoms with Crippen molar-refractivity contribution in [1.82, 2.24) is 10.0 Å². The summed E-state index contributed by atoms with van der Waals surface area (Å²) >= 11 is 5.16. The van der Waals surface area contributed by atoms with Crippen molar-refractivity contribution in [2.24, 2.45) is 0 Å². The second-order valence-corrected chi connectivity index (χ2v) is 8.96. The largest absolute Gasteiger partial charge is 0.377 e. The number of nitrogens with one attached hydrogen (secondary N) is 3. The van der Waals surface area contributed by atoms with E-state index >= 15 is 0 Å². The molecular formula is C20H23N3O4S2. The SMILES string of the molecule is Cc1ccc(C(=O)NC(=S)Nc2ccc(S(=O)(=O)NCC3CCCO3)cc2)cc1. The van der Waals surface area contributed by atoms with E-state index in [0.29, 0.717) is 17.9 Å². The van der Waals surface area contributed by atoms with Gasteiger partial charge < -0.3 is 10.1 Å². The van der Waals surface area contributed by atoms with Gasteiger partial charge in [0.1, 0.15) is 0 Å². The number of carbonyl (C=O) groups is 1. The predicted octanol–water partition coefficient (Wildman–Crippen LogP) is 2.58. The van der Waals surface area contributed by atoms with E-state index in [-0.39, 0.29) is 28.6 Å². The number of aryl methyl sites for hydroxylation is 1. The van der Waals surface area contributed by atoms with E-state index in [1.54, 1.807) is 24.3 Å². The third kappa shape index (κ3) is 6.07. The van der Waals surface area contributed by atoms with E-state index < -0.39 is 10.0 Å². The normalized spacial score (nSPS) is 16.4. The number of rotatable bonds is 6. The molecule has 1 aliphatic heterocycles. The van der Waals surface area contributed by atoms with Gasteiger partial charge in [-0.05, 0) is 68.4 Å². The fraction of sp³-hybridized carbons (Fsp3) is 0.300. The zero-order chi connectivity index (χ0) is 20.9. The summed E-state index contributed by atoms with van der Waals surface area (Å²) < 4.78 is 32.8. The van der Waals surface area contributed by atoms with Crippen molar-refractivity contribution in [3.63, 3.8) is 0 Å². The average molecular weight is 434 g/mol. The highest BCUT2D eigenvalue weighted by atomic mass is 32.2. The molecule has 154 valence electrons. The van der Waals surface area contributed by atoms with Crippen molar-refractivity contribution in [3.05, 3.63) is 59.7 Å². The van der Waals surface area contributed by atoms with Crippen LogP contribution in [0.25, 0.3) is 0 Å². The lowest BCUT2D eigenvalue weighted by Gasteiger charge is -2.12. The summed E-state index contributed by atoms with van der Waals surface area (Å²) in [7, 11) is -3.61. The Labute approximate surface area is 175 Å². The number of carbonyl (C=O) groups excluding carboxylic acids is 1. The van der Waals surface area contributed by atoms with Gasteiger partial charge in [0, 0.05) is 24.4 Å². The Kier molecular flexibility index (Phi) is 6.96. The zero-order valence-corrected chi connectivity index (χ0v) is 17.6. The highest BCUT2D eigenvalue weighted by Gasteiger charge is 2.20. The number of thiocarbonyl (C=S) groups is 1. The Morgan fingerprint density at radius 3 is 2.45 bits per heavy atom. The smallest absolute Gasteiger partial charge is 0.257 e. The minimum Gasteiger partial charge on any atom is -0.377 e.